The van der Waals surface area contributed by atoms with Crippen LogP contribution in [0.5, 0.6) is 11.6 Å². The summed E-state index contributed by atoms with van der Waals surface area (Å²) in [4.78, 5) is 0.177. The van der Waals surface area contributed by atoms with E-state index in [1.165, 1.54) is 11.6 Å². The van der Waals surface area contributed by atoms with Gasteiger partial charge in [0.05, 0.1) is 21.3 Å². The second-order valence-corrected chi connectivity index (χ2v) is 9.64. The zero-order valence-corrected chi connectivity index (χ0v) is 19.4. The monoisotopic (exact) mass is 467 g/mol. The number of rotatable bonds is 6. The molecule has 8 heteroatoms. The predicted octanol–water partition coefficient (Wildman–Crippen LogP) is 6.04. The fourth-order valence-electron chi connectivity index (χ4n) is 3.25. The number of hydrogen-bond acceptors (Lipinski definition) is 4. The van der Waals surface area contributed by atoms with E-state index in [9.17, 15) is 8.42 Å². The standard InChI is InChI=1S/C24H22ClN3O3S/c1-16-4-8-20(9-5-16)32(29,30)27-19-7-11-23(21(25)15-19)31-24-12-13-28(26-24)22-10-6-17(2)14-18(22)3/h4-15,27H,1-3H3. The van der Waals surface area contributed by atoms with Gasteiger partial charge in [0.2, 0.25) is 5.88 Å². The first-order valence-corrected chi connectivity index (χ1v) is 11.8. The number of aromatic nitrogens is 2. The second kappa shape index (κ2) is 8.68. The molecule has 4 rings (SSSR count). The number of aryl methyl sites for hydroxylation is 3. The van der Waals surface area contributed by atoms with Crippen molar-refractivity contribution in [2.24, 2.45) is 0 Å². The van der Waals surface area contributed by atoms with Gasteiger partial charge in [0, 0.05) is 12.3 Å². The van der Waals surface area contributed by atoms with Gasteiger partial charge in [0.1, 0.15) is 5.75 Å². The van der Waals surface area contributed by atoms with E-state index in [1.54, 1.807) is 47.1 Å². The molecule has 0 radical (unpaired) electrons. The van der Waals surface area contributed by atoms with Gasteiger partial charge in [0.15, 0.2) is 0 Å². The number of ether oxygens (including phenoxy) is 1. The molecule has 4 aromatic rings. The number of anilines is 1. The Morgan fingerprint density at radius 3 is 2.31 bits per heavy atom. The van der Waals surface area contributed by atoms with Gasteiger partial charge in [-0.1, -0.05) is 47.0 Å². The molecule has 164 valence electrons. The van der Waals surface area contributed by atoms with Gasteiger partial charge in [-0.15, -0.1) is 5.10 Å². The molecule has 0 atom stereocenters. The minimum absolute atomic E-state index is 0.177. The minimum Gasteiger partial charge on any atom is -0.436 e. The van der Waals surface area contributed by atoms with Crippen LogP contribution in [0.1, 0.15) is 16.7 Å². The van der Waals surface area contributed by atoms with Crippen LogP contribution in [0, 0.1) is 20.8 Å². The van der Waals surface area contributed by atoms with Crippen LogP contribution in [0.25, 0.3) is 5.69 Å². The topological polar surface area (TPSA) is 73.2 Å². The van der Waals surface area contributed by atoms with Crippen molar-refractivity contribution in [2.75, 3.05) is 4.72 Å². The molecule has 1 aromatic heterocycles. The smallest absolute Gasteiger partial charge is 0.261 e. The highest BCUT2D eigenvalue weighted by Gasteiger charge is 2.15. The molecule has 1 heterocycles. The molecule has 0 saturated carbocycles. The molecule has 6 nitrogen and oxygen atoms in total. The maximum absolute atomic E-state index is 12.6. The molecule has 32 heavy (non-hydrogen) atoms. The summed E-state index contributed by atoms with van der Waals surface area (Å²) in [6.07, 6.45) is 1.81. The maximum Gasteiger partial charge on any atom is 0.261 e. The quantitative estimate of drug-likeness (QED) is 0.375. The van der Waals surface area contributed by atoms with Gasteiger partial charge in [-0.25, -0.2) is 13.1 Å². The van der Waals surface area contributed by atoms with Crippen molar-refractivity contribution in [3.63, 3.8) is 0 Å². The number of halogens is 1. The summed E-state index contributed by atoms with van der Waals surface area (Å²) in [5.41, 5.74) is 4.55. The maximum atomic E-state index is 12.6. The molecule has 3 aromatic carbocycles. The summed E-state index contributed by atoms with van der Waals surface area (Å²) in [5.74, 6) is 0.746. The van der Waals surface area contributed by atoms with Crippen LogP contribution in [-0.2, 0) is 10.0 Å². The Labute approximate surface area is 192 Å². The van der Waals surface area contributed by atoms with Crippen LogP contribution >= 0.6 is 11.6 Å². The Hall–Kier alpha value is -3.29. The first-order valence-electron chi connectivity index (χ1n) is 9.91. The SMILES string of the molecule is Cc1ccc(S(=O)(=O)Nc2ccc(Oc3ccn(-c4ccc(C)cc4C)n3)c(Cl)c2)cc1. The van der Waals surface area contributed by atoms with E-state index < -0.39 is 10.0 Å². The van der Waals surface area contributed by atoms with Crippen LogP contribution in [0.2, 0.25) is 5.02 Å². The Kier molecular flexibility index (Phi) is 5.95. The van der Waals surface area contributed by atoms with Gasteiger partial charge >= 0.3 is 0 Å². The lowest BCUT2D eigenvalue weighted by Crippen LogP contribution is -2.12. The molecule has 0 amide bonds. The van der Waals surface area contributed by atoms with E-state index in [-0.39, 0.29) is 9.92 Å². The summed E-state index contributed by atoms with van der Waals surface area (Å²) >= 11 is 6.35. The molecular formula is C24H22ClN3O3S. The molecule has 0 aliphatic carbocycles. The molecule has 0 aliphatic heterocycles. The fraction of sp³-hybridized carbons (Fsp3) is 0.125. The molecule has 0 saturated heterocycles. The zero-order valence-electron chi connectivity index (χ0n) is 17.8. The number of sulfonamides is 1. The van der Waals surface area contributed by atoms with Crippen molar-refractivity contribution in [2.45, 2.75) is 25.7 Å². The van der Waals surface area contributed by atoms with Crippen molar-refractivity contribution in [3.05, 3.63) is 94.6 Å². The predicted molar refractivity (Wildman–Crippen MR) is 127 cm³/mol. The Balaban J connectivity index is 1.51. The third kappa shape index (κ3) is 4.79. The van der Waals surface area contributed by atoms with Gasteiger partial charge in [-0.3, -0.25) is 4.72 Å². The lowest BCUT2D eigenvalue weighted by molar-refractivity contribution is 0.458. The Morgan fingerprint density at radius 2 is 1.62 bits per heavy atom. The summed E-state index contributed by atoms with van der Waals surface area (Å²) in [6, 6.07) is 19.2. The van der Waals surface area contributed by atoms with Crippen molar-refractivity contribution >= 4 is 27.3 Å². The average Bonchev–Trinajstić information content (AvgIpc) is 3.18. The highest BCUT2D eigenvalue weighted by molar-refractivity contribution is 7.92. The summed E-state index contributed by atoms with van der Waals surface area (Å²) < 4.78 is 35.3. The molecule has 0 spiro atoms. The zero-order chi connectivity index (χ0) is 22.9. The third-order valence-corrected chi connectivity index (χ3v) is 6.59. The summed E-state index contributed by atoms with van der Waals surface area (Å²) in [5, 5.41) is 4.72. The number of hydrogen-bond donors (Lipinski definition) is 1. The molecule has 0 unspecified atom stereocenters. The average molecular weight is 468 g/mol. The number of nitrogens with one attached hydrogen (secondary N) is 1. The van der Waals surface area contributed by atoms with Crippen LogP contribution in [0.3, 0.4) is 0 Å². The van der Waals surface area contributed by atoms with Gasteiger partial charge in [-0.05, 0) is 62.7 Å². The van der Waals surface area contributed by atoms with E-state index in [4.69, 9.17) is 16.3 Å². The molecule has 0 fully saturated rings. The number of nitrogens with zero attached hydrogens (tertiary/aromatic N) is 2. The van der Waals surface area contributed by atoms with Crippen molar-refractivity contribution < 1.29 is 13.2 Å². The molecule has 0 aliphatic rings. The summed E-state index contributed by atoms with van der Waals surface area (Å²) in [6.45, 7) is 5.96. The largest absolute Gasteiger partial charge is 0.436 e. The van der Waals surface area contributed by atoms with Crippen LogP contribution in [0.15, 0.2) is 77.8 Å². The second-order valence-electron chi connectivity index (χ2n) is 7.55. The molecule has 1 N–H and O–H groups in total. The Morgan fingerprint density at radius 1 is 0.906 bits per heavy atom. The van der Waals surface area contributed by atoms with Gasteiger partial charge in [0.25, 0.3) is 10.0 Å². The summed E-state index contributed by atoms with van der Waals surface area (Å²) in [7, 11) is -3.72. The first kappa shape index (κ1) is 21.9. The normalized spacial score (nSPS) is 11.4. The fourth-order valence-corrected chi connectivity index (χ4v) is 4.52. The van der Waals surface area contributed by atoms with E-state index in [2.05, 4.69) is 15.9 Å². The lowest BCUT2D eigenvalue weighted by atomic mass is 10.1. The van der Waals surface area contributed by atoms with E-state index in [0.717, 1.165) is 16.8 Å². The van der Waals surface area contributed by atoms with E-state index in [0.29, 0.717) is 17.3 Å². The van der Waals surface area contributed by atoms with Crippen molar-refractivity contribution in [1.29, 1.82) is 0 Å². The van der Waals surface area contributed by atoms with Crippen LogP contribution in [-0.4, -0.2) is 18.2 Å². The van der Waals surface area contributed by atoms with E-state index in [1.807, 2.05) is 39.1 Å². The third-order valence-electron chi connectivity index (χ3n) is 4.89. The van der Waals surface area contributed by atoms with Gasteiger partial charge < -0.3 is 4.74 Å². The molecule has 0 bridgehead atoms. The van der Waals surface area contributed by atoms with Crippen molar-refractivity contribution in [3.8, 4) is 17.3 Å². The number of benzene rings is 3. The first-order chi connectivity index (χ1) is 15.2. The minimum atomic E-state index is -3.72. The lowest BCUT2D eigenvalue weighted by Gasteiger charge is -2.11. The molecular weight excluding hydrogens is 446 g/mol. The van der Waals surface area contributed by atoms with Gasteiger partial charge in [-0.2, -0.15) is 0 Å². The van der Waals surface area contributed by atoms with Crippen molar-refractivity contribution in [1.82, 2.24) is 9.78 Å². The highest BCUT2D eigenvalue weighted by Crippen LogP contribution is 2.32. The Bertz CT molecular complexity index is 1380. The van der Waals surface area contributed by atoms with Crippen LogP contribution < -0.4 is 9.46 Å². The van der Waals surface area contributed by atoms with E-state index >= 15 is 0 Å². The van der Waals surface area contributed by atoms with Crippen LogP contribution in [0.4, 0.5) is 5.69 Å². The highest BCUT2D eigenvalue weighted by atomic mass is 35.5.